The van der Waals surface area contributed by atoms with E-state index in [0.29, 0.717) is 19.7 Å². The van der Waals surface area contributed by atoms with Crippen molar-refractivity contribution in [2.24, 2.45) is 11.1 Å². The molecule has 1 atom stereocenters. The molecule has 2 heterocycles. The molecule has 2 aromatic rings. The van der Waals surface area contributed by atoms with Gasteiger partial charge in [-0.25, -0.2) is 0 Å². The van der Waals surface area contributed by atoms with Crippen molar-refractivity contribution in [3.05, 3.63) is 57.3 Å². The molecule has 1 aliphatic heterocycles. The largest absolute Gasteiger partial charge is 0.481 e. The number of nitrogens with zero attached hydrogens (tertiary/aromatic N) is 2. The Morgan fingerprint density at radius 3 is 2.83 bits per heavy atom. The normalized spacial score (nSPS) is 17.6. The Hall–Kier alpha value is -1.89. The SMILES string of the molecule is CCc1ccccc1/C(=N/OCCN1CCC[C@@H](C(=O)O)C1)c1sccc1C.Cl. The molecule has 0 unspecified atom stereocenters. The van der Waals surface area contributed by atoms with E-state index in [1.807, 2.05) is 6.07 Å². The number of oxime groups is 1. The summed E-state index contributed by atoms with van der Waals surface area (Å²) in [5.41, 5.74) is 4.43. The van der Waals surface area contributed by atoms with Crippen LogP contribution in [0.25, 0.3) is 0 Å². The second-order valence-electron chi connectivity index (χ2n) is 7.19. The fourth-order valence-electron chi connectivity index (χ4n) is 3.63. The molecule has 3 rings (SSSR count). The van der Waals surface area contributed by atoms with Crippen LogP contribution in [0.5, 0.6) is 0 Å². The predicted octanol–water partition coefficient (Wildman–Crippen LogP) is 4.61. The van der Waals surface area contributed by atoms with Gasteiger partial charge in [0, 0.05) is 18.7 Å². The zero-order valence-electron chi connectivity index (χ0n) is 17.0. The van der Waals surface area contributed by atoms with E-state index in [0.717, 1.165) is 42.0 Å². The zero-order valence-corrected chi connectivity index (χ0v) is 18.6. The first-order valence-corrected chi connectivity index (χ1v) is 10.8. The molecule has 5 nitrogen and oxygen atoms in total. The number of carboxylic acid groups (broad SMARTS) is 1. The number of hydrogen-bond donors (Lipinski definition) is 1. The maximum absolute atomic E-state index is 11.2. The summed E-state index contributed by atoms with van der Waals surface area (Å²) in [5, 5.41) is 15.8. The number of halogens is 1. The van der Waals surface area contributed by atoms with Gasteiger partial charge >= 0.3 is 5.97 Å². The second kappa shape index (κ2) is 11.3. The maximum Gasteiger partial charge on any atom is 0.307 e. The Labute approximate surface area is 182 Å². The van der Waals surface area contributed by atoms with Gasteiger partial charge in [-0.2, -0.15) is 0 Å². The average Bonchev–Trinajstić information content (AvgIpc) is 3.14. The average molecular weight is 437 g/mol. The van der Waals surface area contributed by atoms with E-state index < -0.39 is 5.97 Å². The van der Waals surface area contributed by atoms with Crippen LogP contribution in [0.1, 0.15) is 41.3 Å². The topological polar surface area (TPSA) is 62.1 Å². The van der Waals surface area contributed by atoms with E-state index in [1.54, 1.807) is 11.3 Å². The highest BCUT2D eigenvalue weighted by atomic mass is 35.5. The number of carbonyl (C=O) groups is 1. The van der Waals surface area contributed by atoms with E-state index in [2.05, 4.69) is 53.5 Å². The minimum Gasteiger partial charge on any atom is -0.481 e. The number of aliphatic carboxylic acids is 1. The molecule has 0 spiro atoms. The van der Waals surface area contributed by atoms with Crippen molar-refractivity contribution in [2.75, 3.05) is 26.2 Å². The van der Waals surface area contributed by atoms with Gasteiger partial charge in [-0.15, -0.1) is 23.7 Å². The van der Waals surface area contributed by atoms with Gasteiger partial charge in [-0.05, 0) is 55.3 Å². The molecule has 0 aliphatic carbocycles. The van der Waals surface area contributed by atoms with Crippen LogP contribution < -0.4 is 0 Å². The Morgan fingerprint density at radius 2 is 2.14 bits per heavy atom. The molecule has 0 saturated carbocycles. The molecular weight excluding hydrogens is 408 g/mol. The third-order valence-electron chi connectivity index (χ3n) is 5.24. The van der Waals surface area contributed by atoms with Crippen LogP contribution in [-0.2, 0) is 16.1 Å². The lowest BCUT2D eigenvalue weighted by Gasteiger charge is -2.29. The van der Waals surface area contributed by atoms with Crippen LogP contribution in [0, 0.1) is 12.8 Å². The Balaban J connectivity index is 0.00000300. The smallest absolute Gasteiger partial charge is 0.307 e. The number of benzene rings is 1. The predicted molar refractivity (Wildman–Crippen MR) is 121 cm³/mol. The van der Waals surface area contributed by atoms with Gasteiger partial charge in [0.15, 0.2) is 0 Å². The first kappa shape index (κ1) is 23.4. The van der Waals surface area contributed by atoms with E-state index >= 15 is 0 Å². The van der Waals surface area contributed by atoms with Crippen LogP contribution in [0.3, 0.4) is 0 Å². The first-order valence-electron chi connectivity index (χ1n) is 9.88. The number of thiophene rings is 1. The van der Waals surface area contributed by atoms with Crippen molar-refractivity contribution < 1.29 is 14.7 Å². The number of carboxylic acids is 1. The highest BCUT2D eigenvalue weighted by Crippen LogP contribution is 2.23. The van der Waals surface area contributed by atoms with Crippen LogP contribution in [-0.4, -0.2) is 47.9 Å². The molecule has 1 aromatic carbocycles. The fourth-order valence-corrected chi connectivity index (χ4v) is 4.55. The molecular formula is C22H29ClN2O3S. The van der Waals surface area contributed by atoms with Crippen molar-refractivity contribution >= 4 is 35.4 Å². The van der Waals surface area contributed by atoms with Gasteiger partial charge in [-0.1, -0.05) is 36.3 Å². The summed E-state index contributed by atoms with van der Waals surface area (Å²) in [5.74, 6) is -0.965. The minimum atomic E-state index is -0.699. The summed E-state index contributed by atoms with van der Waals surface area (Å²) in [6.45, 7) is 6.90. The van der Waals surface area contributed by atoms with Crippen LogP contribution >= 0.6 is 23.7 Å². The molecule has 1 saturated heterocycles. The molecule has 0 amide bonds. The number of likely N-dealkylation sites (tertiary alicyclic amines) is 1. The highest BCUT2D eigenvalue weighted by Gasteiger charge is 2.25. The summed E-state index contributed by atoms with van der Waals surface area (Å²) in [6.07, 6.45) is 2.62. The zero-order chi connectivity index (χ0) is 19.9. The molecule has 1 aliphatic rings. The quantitative estimate of drug-likeness (QED) is 0.373. The molecule has 1 N–H and O–H groups in total. The number of piperidine rings is 1. The standard InChI is InChI=1S/C22H28N2O3S.ClH/c1-3-17-7-4-5-9-19(17)20(21-16(2)10-14-28-21)23-27-13-12-24-11-6-8-18(15-24)22(25)26;/h4-5,7,9-10,14,18H,3,6,8,11-13,15H2,1-2H3,(H,25,26);1H/b23-20-;/t18-;/m1./s1. The minimum absolute atomic E-state index is 0. The van der Waals surface area contributed by atoms with Crippen LogP contribution in [0.15, 0.2) is 40.9 Å². The Kier molecular flexibility index (Phi) is 9.14. The maximum atomic E-state index is 11.2. The van der Waals surface area contributed by atoms with Gasteiger partial charge in [0.1, 0.15) is 12.3 Å². The molecule has 0 radical (unpaired) electrons. The summed E-state index contributed by atoms with van der Waals surface area (Å²) in [6, 6.07) is 10.4. The van der Waals surface area contributed by atoms with Gasteiger partial charge in [-0.3, -0.25) is 9.69 Å². The molecule has 7 heteroatoms. The molecule has 29 heavy (non-hydrogen) atoms. The Morgan fingerprint density at radius 1 is 1.34 bits per heavy atom. The van der Waals surface area contributed by atoms with Gasteiger partial charge in [0.25, 0.3) is 0 Å². The lowest BCUT2D eigenvalue weighted by molar-refractivity contribution is -0.143. The van der Waals surface area contributed by atoms with E-state index in [4.69, 9.17) is 4.84 Å². The lowest BCUT2D eigenvalue weighted by Crippen LogP contribution is -2.40. The third kappa shape index (κ3) is 6.04. The second-order valence-corrected chi connectivity index (χ2v) is 8.11. The van der Waals surface area contributed by atoms with Crippen molar-refractivity contribution in [2.45, 2.75) is 33.1 Å². The van der Waals surface area contributed by atoms with E-state index in [9.17, 15) is 9.90 Å². The summed E-state index contributed by atoms with van der Waals surface area (Å²) < 4.78 is 0. The highest BCUT2D eigenvalue weighted by molar-refractivity contribution is 7.12. The van der Waals surface area contributed by atoms with Crippen molar-refractivity contribution in [1.82, 2.24) is 4.90 Å². The third-order valence-corrected chi connectivity index (χ3v) is 6.26. The van der Waals surface area contributed by atoms with E-state index in [-0.39, 0.29) is 18.3 Å². The van der Waals surface area contributed by atoms with Crippen LogP contribution in [0.2, 0.25) is 0 Å². The summed E-state index contributed by atoms with van der Waals surface area (Å²) in [4.78, 5) is 20.2. The van der Waals surface area contributed by atoms with Gasteiger partial charge in [0.05, 0.1) is 10.8 Å². The fraction of sp³-hybridized carbons (Fsp3) is 0.455. The van der Waals surface area contributed by atoms with Gasteiger partial charge in [0.2, 0.25) is 0 Å². The van der Waals surface area contributed by atoms with Crippen molar-refractivity contribution in [1.29, 1.82) is 0 Å². The molecule has 1 aromatic heterocycles. The Bertz CT molecular complexity index is 837. The number of hydrogen-bond acceptors (Lipinski definition) is 5. The number of rotatable bonds is 8. The number of aryl methyl sites for hydroxylation is 2. The van der Waals surface area contributed by atoms with Crippen LogP contribution in [0.4, 0.5) is 0 Å². The van der Waals surface area contributed by atoms with Crippen molar-refractivity contribution in [3.8, 4) is 0 Å². The summed E-state index contributed by atoms with van der Waals surface area (Å²) >= 11 is 1.67. The van der Waals surface area contributed by atoms with E-state index in [1.165, 1.54) is 11.1 Å². The molecule has 1 fully saturated rings. The summed E-state index contributed by atoms with van der Waals surface area (Å²) in [7, 11) is 0. The molecule has 158 valence electrons. The lowest BCUT2D eigenvalue weighted by atomic mass is 9.98. The first-order chi connectivity index (χ1) is 13.6. The van der Waals surface area contributed by atoms with Crippen molar-refractivity contribution in [3.63, 3.8) is 0 Å². The monoisotopic (exact) mass is 436 g/mol. The molecule has 0 bridgehead atoms. The van der Waals surface area contributed by atoms with Gasteiger partial charge < -0.3 is 9.94 Å².